The third-order valence-corrected chi connectivity index (χ3v) is 3.07. The Balaban J connectivity index is 1.73. The molecule has 0 unspecified atom stereocenters. The number of nitrogens with one attached hydrogen (secondary N) is 1. The lowest BCUT2D eigenvalue weighted by Gasteiger charge is -2.12. The van der Waals surface area contributed by atoms with Gasteiger partial charge in [-0.15, -0.1) is 5.10 Å². The Morgan fingerprint density at radius 1 is 1.09 bits per heavy atom. The second-order valence-corrected chi connectivity index (χ2v) is 4.40. The van der Waals surface area contributed by atoms with Crippen LogP contribution in [0.1, 0.15) is 5.56 Å². The quantitative estimate of drug-likeness (QED) is 0.749. The van der Waals surface area contributed by atoms with Crippen molar-refractivity contribution in [1.29, 1.82) is 0 Å². The molecule has 2 heterocycles. The fraction of sp³-hybridized carbons (Fsp3) is 0.200. The van der Waals surface area contributed by atoms with E-state index in [0.717, 1.165) is 5.56 Å². The number of ether oxygens (including phenoxy) is 2. The minimum Gasteiger partial charge on any atom is -0.493 e. The first kappa shape index (κ1) is 14.0. The molecule has 3 aromatic rings. The zero-order valence-corrected chi connectivity index (χ0v) is 12.2. The average molecular weight is 301 g/mol. The Kier molecular flexibility index (Phi) is 3.95. The zero-order chi connectivity index (χ0) is 15.4. The number of methoxy groups -OCH3 is 2. The van der Waals surface area contributed by atoms with Gasteiger partial charge in [-0.2, -0.15) is 0 Å². The first-order valence-electron chi connectivity index (χ1n) is 6.63. The highest BCUT2D eigenvalue weighted by Crippen LogP contribution is 2.31. The molecule has 0 bridgehead atoms. The highest BCUT2D eigenvalue weighted by molar-refractivity contribution is 5.48. The molecular formula is C15H15N3O4. The molecule has 0 aliphatic rings. The largest absolute Gasteiger partial charge is 0.493 e. The van der Waals surface area contributed by atoms with Crippen molar-refractivity contribution in [3.8, 4) is 23.1 Å². The van der Waals surface area contributed by atoms with Crippen LogP contribution in [0.2, 0.25) is 0 Å². The highest BCUT2D eigenvalue weighted by atomic mass is 16.5. The van der Waals surface area contributed by atoms with Gasteiger partial charge in [-0.3, -0.25) is 0 Å². The lowest BCUT2D eigenvalue weighted by atomic mass is 10.2. The second kappa shape index (κ2) is 6.21. The van der Waals surface area contributed by atoms with Crippen molar-refractivity contribution in [2.75, 3.05) is 19.5 Å². The summed E-state index contributed by atoms with van der Waals surface area (Å²) in [4.78, 5) is 0. The van der Waals surface area contributed by atoms with Crippen LogP contribution in [0.4, 0.5) is 6.01 Å². The Morgan fingerprint density at radius 3 is 2.73 bits per heavy atom. The summed E-state index contributed by atoms with van der Waals surface area (Å²) in [5, 5.41) is 10.9. The van der Waals surface area contributed by atoms with Gasteiger partial charge in [-0.1, -0.05) is 17.2 Å². The fourth-order valence-corrected chi connectivity index (χ4v) is 2.06. The van der Waals surface area contributed by atoms with Crippen LogP contribution in [0.25, 0.3) is 11.7 Å². The minimum absolute atomic E-state index is 0.302. The van der Waals surface area contributed by atoms with Gasteiger partial charge in [0.15, 0.2) is 17.3 Å². The Hall–Kier alpha value is -2.96. The van der Waals surface area contributed by atoms with Crippen LogP contribution in [0.15, 0.2) is 45.4 Å². The molecule has 0 aliphatic carbocycles. The maximum absolute atomic E-state index is 5.48. The van der Waals surface area contributed by atoms with Crippen LogP contribution in [-0.2, 0) is 6.54 Å². The maximum atomic E-state index is 5.48. The molecule has 0 amide bonds. The molecule has 3 rings (SSSR count). The van der Waals surface area contributed by atoms with E-state index < -0.39 is 0 Å². The molecule has 7 nitrogen and oxygen atoms in total. The molecule has 1 aromatic carbocycles. The Labute approximate surface area is 126 Å². The summed E-state index contributed by atoms with van der Waals surface area (Å²) in [5.41, 5.74) is 0.916. The van der Waals surface area contributed by atoms with E-state index in [1.165, 1.54) is 0 Å². The number of hydrogen-bond acceptors (Lipinski definition) is 7. The van der Waals surface area contributed by atoms with Crippen LogP contribution in [0.3, 0.4) is 0 Å². The van der Waals surface area contributed by atoms with Gasteiger partial charge in [0.25, 0.3) is 5.89 Å². The molecule has 2 aromatic heterocycles. The summed E-state index contributed by atoms with van der Waals surface area (Å²) in [6.45, 7) is 0.458. The van der Waals surface area contributed by atoms with E-state index in [-0.39, 0.29) is 0 Å². The van der Waals surface area contributed by atoms with Crippen LogP contribution < -0.4 is 14.8 Å². The van der Waals surface area contributed by atoms with E-state index in [9.17, 15) is 0 Å². The third-order valence-electron chi connectivity index (χ3n) is 3.07. The molecule has 0 saturated carbocycles. The molecule has 0 aliphatic heterocycles. The van der Waals surface area contributed by atoms with E-state index >= 15 is 0 Å². The summed E-state index contributed by atoms with van der Waals surface area (Å²) in [7, 11) is 3.20. The molecule has 114 valence electrons. The number of rotatable bonds is 6. The molecule has 0 spiro atoms. The first-order valence-corrected chi connectivity index (χ1v) is 6.63. The maximum Gasteiger partial charge on any atom is 0.316 e. The lowest BCUT2D eigenvalue weighted by Crippen LogP contribution is -2.03. The van der Waals surface area contributed by atoms with Gasteiger partial charge in [0, 0.05) is 12.1 Å². The standard InChI is InChI=1S/C15H15N3O4/c1-19-11-6-3-5-10(13(11)20-2)9-16-15-18-17-14(22-15)12-7-4-8-21-12/h3-8H,9H2,1-2H3,(H,16,18). The highest BCUT2D eigenvalue weighted by Gasteiger charge is 2.13. The van der Waals surface area contributed by atoms with E-state index in [1.807, 2.05) is 18.2 Å². The molecular weight excluding hydrogens is 286 g/mol. The molecule has 0 atom stereocenters. The number of para-hydroxylation sites is 1. The number of aromatic nitrogens is 2. The Bertz CT molecular complexity index is 737. The van der Waals surface area contributed by atoms with Gasteiger partial charge in [0.1, 0.15) is 0 Å². The van der Waals surface area contributed by atoms with Crippen molar-refractivity contribution >= 4 is 6.01 Å². The first-order chi connectivity index (χ1) is 10.8. The van der Waals surface area contributed by atoms with E-state index in [0.29, 0.717) is 35.7 Å². The van der Waals surface area contributed by atoms with Crippen LogP contribution in [0.5, 0.6) is 11.5 Å². The number of anilines is 1. The van der Waals surface area contributed by atoms with Crippen LogP contribution >= 0.6 is 0 Å². The van der Waals surface area contributed by atoms with Gasteiger partial charge in [-0.25, -0.2) is 0 Å². The molecule has 7 heteroatoms. The number of hydrogen-bond donors (Lipinski definition) is 1. The van der Waals surface area contributed by atoms with Gasteiger partial charge in [0.05, 0.1) is 20.5 Å². The van der Waals surface area contributed by atoms with Crippen LogP contribution in [0, 0.1) is 0 Å². The normalized spacial score (nSPS) is 10.5. The monoisotopic (exact) mass is 301 g/mol. The van der Waals surface area contributed by atoms with E-state index in [1.54, 1.807) is 32.6 Å². The van der Waals surface area contributed by atoms with E-state index in [4.69, 9.17) is 18.3 Å². The number of benzene rings is 1. The number of furan rings is 1. The van der Waals surface area contributed by atoms with Crippen molar-refractivity contribution < 1.29 is 18.3 Å². The third kappa shape index (κ3) is 2.73. The van der Waals surface area contributed by atoms with Crippen molar-refractivity contribution in [3.05, 3.63) is 42.2 Å². The smallest absolute Gasteiger partial charge is 0.316 e. The van der Waals surface area contributed by atoms with Gasteiger partial charge in [-0.05, 0) is 18.2 Å². The topological polar surface area (TPSA) is 82.5 Å². The summed E-state index contributed by atoms with van der Waals surface area (Å²) in [6.07, 6.45) is 1.55. The molecule has 0 fully saturated rings. The predicted octanol–water partition coefficient (Wildman–Crippen LogP) is 2.96. The van der Waals surface area contributed by atoms with Crippen molar-refractivity contribution in [2.24, 2.45) is 0 Å². The van der Waals surface area contributed by atoms with Gasteiger partial charge >= 0.3 is 6.01 Å². The summed E-state index contributed by atoms with van der Waals surface area (Å²) in [5.74, 6) is 2.19. The predicted molar refractivity (Wildman–Crippen MR) is 78.9 cm³/mol. The van der Waals surface area contributed by atoms with Crippen molar-refractivity contribution in [3.63, 3.8) is 0 Å². The van der Waals surface area contributed by atoms with Crippen molar-refractivity contribution in [1.82, 2.24) is 10.2 Å². The number of nitrogens with zero attached hydrogens (tertiary/aromatic N) is 2. The van der Waals surface area contributed by atoms with Gasteiger partial charge < -0.3 is 23.6 Å². The summed E-state index contributed by atoms with van der Waals surface area (Å²) >= 11 is 0. The molecule has 0 radical (unpaired) electrons. The fourth-order valence-electron chi connectivity index (χ4n) is 2.06. The summed E-state index contributed by atoms with van der Waals surface area (Å²) < 4.78 is 21.3. The molecule has 0 saturated heterocycles. The second-order valence-electron chi connectivity index (χ2n) is 4.40. The Morgan fingerprint density at radius 2 is 2.00 bits per heavy atom. The van der Waals surface area contributed by atoms with Gasteiger partial charge in [0.2, 0.25) is 0 Å². The summed E-state index contributed by atoms with van der Waals surface area (Å²) in [6, 6.07) is 9.47. The van der Waals surface area contributed by atoms with Crippen molar-refractivity contribution in [2.45, 2.75) is 6.54 Å². The van der Waals surface area contributed by atoms with E-state index in [2.05, 4.69) is 15.5 Å². The molecule has 1 N–H and O–H groups in total. The molecule has 22 heavy (non-hydrogen) atoms. The van der Waals surface area contributed by atoms with Crippen LogP contribution in [-0.4, -0.2) is 24.4 Å². The lowest BCUT2D eigenvalue weighted by molar-refractivity contribution is 0.352. The minimum atomic E-state index is 0.302. The zero-order valence-electron chi connectivity index (χ0n) is 12.2. The SMILES string of the molecule is COc1cccc(CNc2nnc(-c3ccco3)o2)c1OC. The average Bonchev–Trinajstić information content (AvgIpc) is 3.23.